The molecule has 0 aliphatic carbocycles. The van der Waals surface area contributed by atoms with Gasteiger partial charge in [0.05, 0.1) is 30.0 Å². The predicted molar refractivity (Wildman–Crippen MR) is 124 cm³/mol. The number of benzene rings is 1. The number of methoxy groups -OCH3 is 1. The number of ether oxygens (including phenoxy) is 1. The van der Waals surface area contributed by atoms with Crippen LogP contribution in [0.1, 0.15) is 49.7 Å². The molecule has 2 aromatic heterocycles. The van der Waals surface area contributed by atoms with Crippen LogP contribution in [-0.2, 0) is 10.2 Å². The Hall–Kier alpha value is -2.93. The molecule has 0 bridgehead atoms. The van der Waals surface area contributed by atoms with Crippen molar-refractivity contribution in [1.29, 1.82) is 0 Å². The minimum atomic E-state index is -0.636. The summed E-state index contributed by atoms with van der Waals surface area (Å²) in [4.78, 5) is 24.9. The highest BCUT2D eigenvalue weighted by atomic mass is 32.1. The summed E-state index contributed by atoms with van der Waals surface area (Å²) in [5.74, 6) is 1.66. The quantitative estimate of drug-likeness (QED) is 0.572. The molecular formula is C24H28N4O2S. The van der Waals surface area contributed by atoms with Gasteiger partial charge in [-0.1, -0.05) is 18.2 Å². The molecule has 4 rings (SSSR count). The maximum absolute atomic E-state index is 13.6. The van der Waals surface area contributed by atoms with Gasteiger partial charge in [0.1, 0.15) is 11.6 Å². The summed E-state index contributed by atoms with van der Waals surface area (Å²) < 4.78 is 5.26. The molecule has 7 heteroatoms. The summed E-state index contributed by atoms with van der Waals surface area (Å²) in [5.41, 5.74) is 2.24. The van der Waals surface area contributed by atoms with Gasteiger partial charge in [-0.15, -0.1) is 11.3 Å². The van der Waals surface area contributed by atoms with Crippen LogP contribution in [-0.4, -0.2) is 34.4 Å². The van der Waals surface area contributed by atoms with Crippen molar-refractivity contribution in [3.8, 4) is 5.75 Å². The van der Waals surface area contributed by atoms with Gasteiger partial charge in [-0.25, -0.2) is 9.97 Å². The van der Waals surface area contributed by atoms with Gasteiger partial charge in [-0.2, -0.15) is 0 Å². The average Bonchev–Trinajstić information content (AvgIpc) is 3.42. The largest absolute Gasteiger partial charge is 0.497 e. The number of nitrogens with one attached hydrogen (secondary N) is 1. The van der Waals surface area contributed by atoms with E-state index in [-0.39, 0.29) is 11.9 Å². The highest BCUT2D eigenvalue weighted by Gasteiger charge is 2.39. The molecule has 1 fully saturated rings. The molecule has 31 heavy (non-hydrogen) atoms. The van der Waals surface area contributed by atoms with Crippen molar-refractivity contribution in [2.45, 2.75) is 45.1 Å². The van der Waals surface area contributed by atoms with Gasteiger partial charge < -0.3 is 15.0 Å². The van der Waals surface area contributed by atoms with Crippen LogP contribution in [0.5, 0.6) is 5.75 Å². The van der Waals surface area contributed by atoms with Gasteiger partial charge >= 0.3 is 0 Å². The van der Waals surface area contributed by atoms with Crippen molar-refractivity contribution in [2.24, 2.45) is 0 Å². The number of pyridine rings is 1. The SMILES string of the molecule is COc1ccc(C(C)(C)C(=O)N2CCC[C@@H]2c2cccc(Nc3nc(C)cs3)n2)cc1. The van der Waals surface area contributed by atoms with E-state index in [1.54, 1.807) is 18.4 Å². The lowest BCUT2D eigenvalue weighted by Crippen LogP contribution is -2.43. The van der Waals surface area contributed by atoms with Crippen LogP contribution in [0.15, 0.2) is 47.8 Å². The molecule has 1 N–H and O–H groups in total. The standard InChI is InChI=1S/C24H28N4O2S/c1-16-15-31-23(25-16)27-21-9-5-7-19(26-21)20-8-6-14-28(20)22(29)24(2,3)17-10-12-18(30-4)13-11-17/h5,7,9-13,15,20H,6,8,14H2,1-4H3,(H,25,26,27)/t20-/m1/s1. The molecule has 0 saturated carbocycles. The van der Waals surface area contributed by atoms with E-state index in [0.29, 0.717) is 0 Å². The van der Waals surface area contributed by atoms with Gasteiger partial charge in [0.25, 0.3) is 0 Å². The Labute approximate surface area is 187 Å². The lowest BCUT2D eigenvalue weighted by atomic mass is 9.83. The second kappa shape index (κ2) is 8.67. The van der Waals surface area contributed by atoms with E-state index in [9.17, 15) is 4.79 Å². The first-order valence-corrected chi connectivity index (χ1v) is 11.4. The predicted octanol–water partition coefficient (Wildman–Crippen LogP) is 5.24. The molecule has 1 saturated heterocycles. The lowest BCUT2D eigenvalue weighted by molar-refractivity contribution is -0.137. The fraction of sp³-hybridized carbons (Fsp3) is 0.375. The second-order valence-corrected chi connectivity index (χ2v) is 9.23. The molecule has 162 valence electrons. The topological polar surface area (TPSA) is 67.3 Å². The molecule has 0 radical (unpaired) electrons. The Kier molecular flexibility index (Phi) is 5.96. The number of carbonyl (C=O) groups excluding carboxylic acids is 1. The first-order valence-electron chi connectivity index (χ1n) is 10.5. The highest BCUT2D eigenvalue weighted by molar-refractivity contribution is 7.13. The molecule has 6 nitrogen and oxygen atoms in total. The molecule has 1 amide bonds. The number of aromatic nitrogens is 2. The van der Waals surface area contributed by atoms with Gasteiger partial charge in [-0.05, 0) is 63.4 Å². The van der Waals surface area contributed by atoms with E-state index in [4.69, 9.17) is 9.72 Å². The summed E-state index contributed by atoms with van der Waals surface area (Å²) >= 11 is 1.56. The molecule has 3 heterocycles. The van der Waals surface area contributed by atoms with E-state index in [1.807, 2.05) is 73.5 Å². The lowest BCUT2D eigenvalue weighted by Gasteiger charge is -2.33. The van der Waals surface area contributed by atoms with Crippen LogP contribution >= 0.6 is 11.3 Å². The molecule has 1 aromatic carbocycles. The Morgan fingerprint density at radius 3 is 2.65 bits per heavy atom. The van der Waals surface area contributed by atoms with E-state index in [2.05, 4.69) is 10.3 Å². The first-order chi connectivity index (χ1) is 14.9. The smallest absolute Gasteiger partial charge is 0.233 e. The molecule has 3 aromatic rings. The van der Waals surface area contributed by atoms with Gasteiger partial charge in [0, 0.05) is 11.9 Å². The van der Waals surface area contributed by atoms with Crippen LogP contribution in [0.4, 0.5) is 10.9 Å². The van der Waals surface area contributed by atoms with Crippen molar-refractivity contribution in [3.05, 3.63) is 64.8 Å². The van der Waals surface area contributed by atoms with Crippen LogP contribution in [0.3, 0.4) is 0 Å². The van der Waals surface area contributed by atoms with Crippen molar-refractivity contribution < 1.29 is 9.53 Å². The van der Waals surface area contributed by atoms with E-state index in [0.717, 1.165) is 53.0 Å². The Balaban J connectivity index is 1.55. The fourth-order valence-electron chi connectivity index (χ4n) is 4.04. The summed E-state index contributed by atoms with van der Waals surface area (Å²) in [6, 6.07) is 13.7. The van der Waals surface area contributed by atoms with Crippen LogP contribution in [0, 0.1) is 6.92 Å². The monoisotopic (exact) mass is 436 g/mol. The third-order valence-electron chi connectivity index (χ3n) is 5.83. The normalized spacial score (nSPS) is 16.4. The Morgan fingerprint density at radius 1 is 1.19 bits per heavy atom. The fourth-order valence-corrected chi connectivity index (χ4v) is 4.73. The molecule has 1 atom stereocenters. The minimum Gasteiger partial charge on any atom is -0.497 e. The summed E-state index contributed by atoms with van der Waals surface area (Å²) in [6.07, 6.45) is 1.89. The number of hydrogen-bond donors (Lipinski definition) is 1. The molecular weight excluding hydrogens is 408 g/mol. The minimum absolute atomic E-state index is 0.0233. The van der Waals surface area contributed by atoms with Crippen molar-refractivity contribution in [1.82, 2.24) is 14.9 Å². The maximum atomic E-state index is 13.6. The number of carbonyl (C=O) groups is 1. The van der Waals surface area contributed by atoms with E-state index in [1.165, 1.54) is 0 Å². The Bertz CT molecular complexity index is 1060. The number of amides is 1. The summed E-state index contributed by atoms with van der Waals surface area (Å²) in [7, 11) is 1.64. The highest BCUT2D eigenvalue weighted by Crippen LogP contribution is 2.37. The third kappa shape index (κ3) is 4.42. The van der Waals surface area contributed by atoms with Crippen molar-refractivity contribution in [3.63, 3.8) is 0 Å². The van der Waals surface area contributed by atoms with Gasteiger partial charge in [-0.3, -0.25) is 4.79 Å². The number of nitrogens with zero attached hydrogens (tertiary/aromatic N) is 3. The Morgan fingerprint density at radius 2 is 1.97 bits per heavy atom. The number of rotatable bonds is 6. The van der Waals surface area contributed by atoms with Crippen LogP contribution in [0.25, 0.3) is 0 Å². The average molecular weight is 437 g/mol. The zero-order valence-corrected chi connectivity index (χ0v) is 19.2. The van der Waals surface area contributed by atoms with E-state index >= 15 is 0 Å². The maximum Gasteiger partial charge on any atom is 0.233 e. The molecule has 0 spiro atoms. The molecule has 1 aliphatic heterocycles. The van der Waals surface area contributed by atoms with Crippen LogP contribution < -0.4 is 10.1 Å². The molecule has 1 aliphatic rings. The van der Waals surface area contributed by atoms with Gasteiger partial charge in [0.15, 0.2) is 5.13 Å². The van der Waals surface area contributed by atoms with Gasteiger partial charge in [0.2, 0.25) is 5.91 Å². The zero-order valence-electron chi connectivity index (χ0n) is 18.4. The zero-order chi connectivity index (χ0) is 22.0. The third-order valence-corrected chi connectivity index (χ3v) is 6.70. The number of hydrogen-bond acceptors (Lipinski definition) is 6. The summed E-state index contributed by atoms with van der Waals surface area (Å²) in [6.45, 7) is 6.69. The first kappa shape index (κ1) is 21.3. The van der Waals surface area contributed by atoms with Crippen molar-refractivity contribution >= 4 is 28.2 Å². The van der Waals surface area contributed by atoms with Crippen LogP contribution in [0.2, 0.25) is 0 Å². The second-order valence-electron chi connectivity index (χ2n) is 8.38. The number of anilines is 2. The number of aryl methyl sites for hydroxylation is 1. The number of thiazole rings is 1. The summed E-state index contributed by atoms with van der Waals surface area (Å²) in [5, 5.41) is 6.11. The molecule has 0 unspecified atom stereocenters. The van der Waals surface area contributed by atoms with E-state index < -0.39 is 5.41 Å². The number of likely N-dealkylation sites (tertiary alicyclic amines) is 1. The van der Waals surface area contributed by atoms with Crippen molar-refractivity contribution in [2.75, 3.05) is 19.0 Å².